The SMILES string of the molecule is CO[SiH](CCCCOCC1CO1)OC. The summed E-state index contributed by atoms with van der Waals surface area (Å²) in [4.78, 5) is 0. The van der Waals surface area contributed by atoms with Gasteiger partial charge in [0, 0.05) is 20.8 Å². The van der Waals surface area contributed by atoms with E-state index in [2.05, 4.69) is 0 Å². The molecule has 0 N–H and O–H groups in total. The van der Waals surface area contributed by atoms with Gasteiger partial charge in [0.25, 0.3) is 0 Å². The van der Waals surface area contributed by atoms with Crippen molar-refractivity contribution in [1.82, 2.24) is 0 Å². The van der Waals surface area contributed by atoms with Crippen molar-refractivity contribution < 1.29 is 18.3 Å². The van der Waals surface area contributed by atoms with Gasteiger partial charge in [-0.2, -0.15) is 0 Å². The Bertz CT molecular complexity index is 137. The van der Waals surface area contributed by atoms with E-state index >= 15 is 0 Å². The molecule has 0 aromatic rings. The van der Waals surface area contributed by atoms with Crippen LogP contribution in [0.1, 0.15) is 12.8 Å². The zero-order chi connectivity index (χ0) is 10.2. The molecule has 84 valence electrons. The highest BCUT2D eigenvalue weighted by molar-refractivity contribution is 6.44. The van der Waals surface area contributed by atoms with Crippen molar-refractivity contribution in [3.63, 3.8) is 0 Å². The number of epoxide rings is 1. The molecular formula is C9H20O4Si. The second kappa shape index (κ2) is 7.36. The predicted molar refractivity (Wildman–Crippen MR) is 55.8 cm³/mol. The van der Waals surface area contributed by atoms with Gasteiger partial charge in [0.1, 0.15) is 6.10 Å². The summed E-state index contributed by atoms with van der Waals surface area (Å²) in [7, 11) is 2.12. The van der Waals surface area contributed by atoms with E-state index in [0.717, 1.165) is 38.7 Å². The maximum atomic E-state index is 5.42. The summed E-state index contributed by atoms with van der Waals surface area (Å²) in [5.74, 6) is 0. The molecule has 1 saturated heterocycles. The molecule has 0 aromatic heterocycles. The van der Waals surface area contributed by atoms with Gasteiger partial charge in [0.05, 0.1) is 13.2 Å². The van der Waals surface area contributed by atoms with Gasteiger partial charge in [-0.15, -0.1) is 0 Å². The fraction of sp³-hybridized carbons (Fsp3) is 1.00. The van der Waals surface area contributed by atoms with Crippen LogP contribution in [0.3, 0.4) is 0 Å². The molecule has 4 nitrogen and oxygen atoms in total. The Morgan fingerprint density at radius 2 is 2.00 bits per heavy atom. The summed E-state index contributed by atoms with van der Waals surface area (Å²) in [5, 5.41) is 0. The molecule has 5 heteroatoms. The fourth-order valence-electron chi connectivity index (χ4n) is 1.23. The van der Waals surface area contributed by atoms with Gasteiger partial charge in [-0.1, -0.05) is 0 Å². The Morgan fingerprint density at radius 3 is 2.57 bits per heavy atom. The molecule has 1 heterocycles. The maximum Gasteiger partial charge on any atom is 0.320 e. The lowest BCUT2D eigenvalue weighted by atomic mass is 10.3. The summed E-state index contributed by atoms with van der Waals surface area (Å²) in [6.45, 7) is 2.46. The number of unbranched alkanes of at least 4 members (excludes halogenated alkanes) is 1. The van der Waals surface area contributed by atoms with Crippen LogP contribution in [0, 0.1) is 0 Å². The normalized spacial score (nSPS) is 20.4. The quantitative estimate of drug-likeness (QED) is 0.326. The first-order valence-corrected chi connectivity index (χ1v) is 6.87. The third kappa shape index (κ3) is 5.72. The monoisotopic (exact) mass is 220 g/mol. The highest BCUT2D eigenvalue weighted by atomic mass is 28.3. The minimum absolute atomic E-state index is 0.384. The standard InChI is InChI=1S/C9H20O4Si/c1-10-14(11-2)6-4-3-5-12-7-9-8-13-9/h9,14H,3-8H2,1-2H3. The van der Waals surface area contributed by atoms with E-state index in [1.165, 1.54) is 0 Å². The predicted octanol–water partition coefficient (Wildman–Crippen LogP) is 0.695. The summed E-state index contributed by atoms with van der Waals surface area (Å²) in [5.41, 5.74) is 0. The molecule has 0 radical (unpaired) electrons. The van der Waals surface area contributed by atoms with Gasteiger partial charge in [0.2, 0.25) is 0 Å². The Hall–Kier alpha value is 0.0569. The van der Waals surface area contributed by atoms with E-state index < -0.39 is 9.28 Å². The molecule has 1 unspecified atom stereocenters. The Balaban J connectivity index is 1.78. The van der Waals surface area contributed by atoms with Crippen molar-refractivity contribution in [3.05, 3.63) is 0 Å². The first kappa shape index (κ1) is 12.1. The van der Waals surface area contributed by atoms with Crippen molar-refractivity contribution >= 4 is 9.28 Å². The Kier molecular flexibility index (Phi) is 6.38. The molecule has 0 spiro atoms. The van der Waals surface area contributed by atoms with Crippen molar-refractivity contribution in [2.75, 3.05) is 34.0 Å². The number of hydrogen-bond donors (Lipinski definition) is 0. The minimum Gasteiger partial charge on any atom is -0.400 e. The number of ether oxygens (including phenoxy) is 2. The van der Waals surface area contributed by atoms with Gasteiger partial charge in [0.15, 0.2) is 0 Å². The topological polar surface area (TPSA) is 40.2 Å². The second-order valence-electron chi connectivity index (χ2n) is 3.43. The third-order valence-electron chi connectivity index (χ3n) is 2.21. The Labute approximate surface area is 87.3 Å². The number of hydrogen-bond acceptors (Lipinski definition) is 4. The molecule has 1 aliphatic heterocycles. The molecule has 0 amide bonds. The molecule has 1 aliphatic rings. The first-order chi connectivity index (χ1) is 6.86. The van der Waals surface area contributed by atoms with E-state index in [1.807, 2.05) is 0 Å². The summed E-state index contributed by atoms with van der Waals surface area (Å²) >= 11 is 0. The third-order valence-corrected chi connectivity index (χ3v) is 4.14. The lowest BCUT2D eigenvalue weighted by Gasteiger charge is -2.10. The molecule has 0 bridgehead atoms. The molecule has 1 rings (SSSR count). The zero-order valence-corrected chi connectivity index (χ0v) is 10.2. The van der Waals surface area contributed by atoms with Crippen molar-refractivity contribution in [2.24, 2.45) is 0 Å². The molecule has 14 heavy (non-hydrogen) atoms. The van der Waals surface area contributed by atoms with Crippen LogP contribution in [0.25, 0.3) is 0 Å². The lowest BCUT2D eigenvalue weighted by molar-refractivity contribution is 0.113. The molecular weight excluding hydrogens is 200 g/mol. The van der Waals surface area contributed by atoms with Gasteiger partial charge in [-0.3, -0.25) is 0 Å². The van der Waals surface area contributed by atoms with Crippen molar-refractivity contribution in [2.45, 2.75) is 25.0 Å². The van der Waals surface area contributed by atoms with Crippen LogP contribution in [-0.4, -0.2) is 49.4 Å². The Morgan fingerprint density at radius 1 is 1.29 bits per heavy atom. The summed E-state index contributed by atoms with van der Waals surface area (Å²) in [6.07, 6.45) is 2.60. The molecule has 0 aliphatic carbocycles. The summed E-state index contributed by atoms with van der Waals surface area (Å²) < 4.78 is 20.9. The van der Waals surface area contributed by atoms with Gasteiger partial charge >= 0.3 is 9.28 Å². The van der Waals surface area contributed by atoms with Crippen LogP contribution in [-0.2, 0) is 18.3 Å². The van der Waals surface area contributed by atoms with E-state index in [1.54, 1.807) is 14.2 Å². The maximum absolute atomic E-state index is 5.42. The molecule has 0 aromatic carbocycles. The van der Waals surface area contributed by atoms with E-state index in [4.69, 9.17) is 18.3 Å². The van der Waals surface area contributed by atoms with Crippen LogP contribution >= 0.6 is 0 Å². The van der Waals surface area contributed by atoms with Crippen molar-refractivity contribution in [3.8, 4) is 0 Å². The average Bonchev–Trinajstić information content (AvgIpc) is 3.01. The highest BCUT2D eigenvalue weighted by Gasteiger charge is 2.21. The van der Waals surface area contributed by atoms with E-state index in [9.17, 15) is 0 Å². The number of rotatable bonds is 9. The molecule has 0 saturated carbocycles. The van der Waals surface area contributed by atoms with Gasteiger partial charge < -0.3 is 18.3 Å². The van der Waals surface area contributed by atoms with Gasteiger partial charge in [-0.05, 0) is 18.9 Å². The smallest absolute Gasteiger partial charge is 0.320 e. The van der Waals surface area contributed by atoms with Crippen LogP contribution in [0.4, 0.5) is 0 Å². The van der Waals surface area contributed by atoms with Crippen LogP contribution in [0.2, 0.25) is 6.04 Å². The van der Waals surface area contributed by atoms with E-state index in [0.29, 0.717) is 6.10 Å². The van der Waals surface area contributed by atoms with Gasteiger partial charge in [-0.25, -0.2) is 0 Å². The van der Waals surface area contributed by atoms with Crippen LogP contribution in [0.5, 0.6) is 0 Å². The average molecular weight is 220 g/mol. The lowest BCUT2D eigenvalue weighted by Crippen LogP contribution is -2.18. The van der Waals surface area contributed by atoms with Crippen LogP contribution in [0.15, 0.2) is 0 Å². The largest absolute Gasteiger partial charge is 0.400 e. The first-order valence-electron chi connectivity index (χ1n) is 5.11. The molecule has 1 atom stereocenters. The fourth-order valence-corrected chi connectivity index (χ4v) is 2.51. The van der Waals surface area contributed by atoms with E-state index in [-0.39, 0.29) is 0 Å². The molecule has 1 fully saturated rings. The van der Waals surface area contributed by atoms with Crippen LogP contribution < -0.4 is 0 Å². The minimum atomic E-state index is -1.33. The zero-order valence-electron chi connectivity index (χ0n) is 9.03. The van der Waals surface area contributed by atoms with Crippen molar-refractivity contribution in [1.29, 1.82) is 0 Å². The highest BCUT2D eigenvalue weighted by Crippen LogP contribution is 2.09. The second-order valence-corrected chi connectivity index (χ2v) is 5.81. The summed E-state index contributed by atoms with van der Waals surface area (Å²) in [6, 6.07) is 1.07.